The Bertz CT molecular complexity index is 843. The smallest absolute Gasteiger partial charge is 0.320 e. The van der Waals surface area contributed by atoms with Crippen LogP contribution in [-0.2, 0) is 12.8 Å². The monoisotopic (exact) mass is 323 g/mol. The van der Waals surface area contributed by atoms with Crippen molar-refractivity contribution in [3.05, 3.63) is 59.5 Å². The first-order valence-electron chi connectivity index (χ1n) is 7.81. The maximum absolute atomic E-state index is 5.65. The Morgan fingerprint density at radius 3 is 2.67 bits per heavy atom. The zero-order chi connectivity index (χ0) is 16.4. The van der Waals surface area contributed by atoms with E-state index in [9.17, 15) is 0 Å². The van der Waals surface area contributed by atoms with Crippen LogP contribution in [0.25, 0.3) is 0 Å². The van der Waals surface area contributed by atoms with E-state index in [-0.39, 0.29) is 6.79 Å². The van der Waals surface area contributed by atoms with E-state index in [1.54, 1.807) is 0 Å². The van der Waals surface area contributed by atoms with Gasteiger partial charge >= 0.3 is 6.01 Å². The van der Waals surface area contributed by atoms with Gasteiger partial charge in [-0.15, -0.1) is 5.10 Å². The lowest BCUT2D eigenvalue weighted by molar-refractivity contribution is 0.174. The minimum atomic E-state index is 0.252. The first-order valence-corrected chi connectivity index (χ1v) is 7.81. The predicted octanol–water partition coefficient (Wildman–Crippen LogP) is 3.64. The molecule has 6 nitrogen and oxygen atoms in total. The molecule has 0 bridgehead atoms. The SMILES string of the molecule is Cc1ccc(CCc2nnc(Nc3ccc4c(c3)OCO4)o2)cc1. The van der Waals surface area contributed by atoms with Crippen LogP contribution in [0.3, 0.4) is 0 Å². The van der Waals surface area contributed by atoms with Crippen molar-refractivity contribution in [2.75, 3.05) is 12.1 Å². The first kappa shape index (κ1) is 14.6. The minimum Gasteiger partial charge on any atom is -0.454 e. The normalized spacial score (nSPS) is 12.4. The van der Waals surface area contributed by atoms with Crippen molar-refractivity contribution < 1.29 is 13.9 Å². The van der Waals surface area contributed by atoms with E-state index in [4.69, 9.17) is 13.9 Å². The molecule has 4 rings (SSSR count). The molecule has 1 N–H and O–H groups in total. The van der Waals surface area contributed by atoms with Crippen LogP contribution in [0.5, 0.6) is 11.5 Å². The lowest BCUT2D eigenvalue weighted by Gasteiger charge is -2.02. The lowest BCUT2D eigenvalue weighted by atomic mass is 10.1. The molecule has 1 aliphatic rings. The standard InChI is InChI=1S/C18H17N3O3/c1-12-2-4-13(5-3-12)6-9-17-20-21-18(24-17)19-14-7-8-15-16(10-14)23-11-22-15/h2-5,7-8,10H,6,9,11H2,1H3,(H,19,21). The molecule has 122 valence electrons. The van der Waals surface area contributed by atoms with Gasteiger partial charge in [0.25, 0.3) is 0 Å². The average molecular weight is 323 g/mol. The molecule has 0 saturated carbocycles. The highest BCUT2D eigenvalue weighted by Gasteiger charge is 2.14. The summed E-state index contributed by atoms with van der Waals surface area (Å²) in [6.45, 7) is 2.33. The first-order chi connectivity index (χ1) is 11.8. The van der Waals surface area contributed by atoms with Crippen LogP contribution in [0.4, 0.5) is 11.7 Å². The van der Waals surface area contributed by atoms with Crippen LogP contribution in [-0.4, -0.2) is 17.0 Å². The zero-order valence-electron chi connectivity index (χ0n) is 13.3. The van der Waals surface area contributed by atoms with Gasteiger partial charge in [-0.05, 0) is 31.0 Å². The number of rotatable bonds is 5. The third-order valence-corrected chi connectivity index (χ3v) is 3.84. The molecule has 0 radical (unpaired) electrons. The van der Waals surface area contributed by atoms with Gasteiger partial charge < -0.3 is 19.2 Å². The number of anilines is 2. The van der Waals surface area contributed by atoms with Gasteiger partial charge in [0.15, 0.2) is 11.5 Å². The van der Waals surface area contributed by atoms with Gasteiger partial charge in [0, 0.05) is 18.2 Å². The molecule has 2 aromatic carbocycles. The number of ether oxygens (including phenoxy) is 2. The van der Waals surface area contributed by atoms with Gasteiger partial charge in [-0.2, -0.15) is 0 Å². The molecule has 1 aromatic heterocycles. The second-order valence-corrected chi connectivity index (χ2v) is 5.68. The fraction of sp³-hybridized carbons (Fsp3) is 0.222. The number of aryl methyl sites for hydroxylation is 3. The molecule has 6 heteroatoms. The molecule has 24 heavy (non-hydrogen) atoms. The Morgan fingerprint density at radius 2 is 1.79 bits per heavy atom. The highest BCUT2D eigenvalue weighted by Crippen LogP contribution is 2.34. The Balaban J connectivity index is 1.38. The van der Waals surface area contributed by atoms with E-state index in [1.807, 2.05) is 18.2 Å². The molecule has 0 fully saturated rings. The molecule has 0 amide bonds. The Hall–Kier alpha value is -3.02. The summed E-state index contributed by atoms with van der Waals surface area (Å²) >= 11 is 0. The topological polar surface area (TPSA) is 69.4 Å². The fourth-order valence-corrected chi connectivity index (χ4v) is 2.51. The molecule has 0 aliphatic carbocycles. The zero-order valence-corrected chi connectivity index (χ0v) is 13.3. The van der Waals surface area contributed by atoms with Crippen LogP contribution >= 0.6 is 0 Å². The molecular weight excluding hydrogens is 306 g/mol. The van der Waals surface area contributed by atoms with Crippen molar-refractivity contribution in [1.82, 2.24) is 10.2 Å². The molecule has 1 aliphatic heterocycles. The quantitative estimate of drug-likeness (QED) is 0.773. The Kier molecular flexibility index (Phi) is 3.78. The van der Waals surface area contributed by atoms with E-state index >= 15 is 0 Å². The summed E-state index contributed by atoms with van der Waals surface area (Å²) in [4.78, 5) is 0. The number of hydrogen-bond donors (Lipinski definition) is 1. The summed E-state index contributed by atoms with van der Waals surface area (Å²) in [7, 11) is 0. The summed E-state index contributed by atoms with van der Waals surface area (Å²) in [6, 6.07) is 14.4. The van der Waals surface area contributed by atoms with Crippen LogP contribution in [0.15, 0.2) is 46.9 Å². The number of hydrogen-bond acceptors (Lipinski definition) is 6. The van der Waals surface area contributed by atoms with Crippen molar-refractivity contribution >= 4 is 11.7 Å². The predicted molar refractivity (Wildman–Crippen MR) is 88.7 cm³/mol. The van der Waals surface area contributed by atoms with Crippen molar-refractivity contribution in [3.63, 3.8) is 0 Å². The second-order valence-electron chi connectivity index (χ2n) is 5.68. The van der Waals surface area contributed by atoms with Crippen LogP contribution < -0.4 is 14.8 Å². The van der Waals surface area contributed by atoms with E-state index in [0.717, 1.165) is 17.9 Å². The average Bonchev–Trinajstić information content (AvgIpc) is 3.23. The van der Waals surface area contributed by atoms with Gasteiger partial charge in [0.05, 0.1) is 0 Å². The summed E-state index contributed by atoms with van der Waals surface area (Å²) in [5.41, 5.74) is 3.32. The van der Waals surface area contributed by atoms with Gasteiger partial charge in [-0.3, -0.25) is 0 Å². The van der Waals surface area contributed by atoms with E-state index in [0.29, 0.717) is 24.1 Å². The van der Waals surface area contributed by atoms with Gasteiger partial charge in [-0.1, -0.05) is 34.9 Å². The maximum Gasteiger partial charge on any atom is 0.320 e. The second kappa shape index (κ2) is 6.23. The van der Waals surface area contributed by atoms with Crippen LogP contribution in [0, 0.1) is 6.92 Å². The summed E-state index contributed by atoms with van der Waals surface area (Å²) < 4.78 is 16.3. The number of nitrogens with one attached hydrogen (secondary N) is 1. The third kappa shape index (κ3) is 3.17. The van der Waals surface area contributed by atoms with Gasteiger partial charge in [0.1, 0.15) is 0 Å². The Morgan fingerprint density at radius 1 is 0.958 bits per heavy atom. The van der Waals surface area contributed by atoms with Crippen molar-refractivity contribution in [2.24, 2.45) is 0 Å². The van der Waals surface area contributed by atoms with Crippen LogP contribution in [0.1, 0.15) is 17.0 Å². The summed E-state index contributed by atoms with van der Waals surface area (Å²) in [5, 5.41) is 11.2. The molecule has 0 spiro atoms. The van der Waals surface area contributed by atoms with E-state index < -0.39 is 0 Å². The number of benzene rings is 2. The maximum atomic E-state index is 5.65. The molecule has 0 atom stereocenters. The van der Waals surface area contributed by atoms with Crippen LogP contribution in [0.2, 0.25) is 0 Å². The molecule has 3 aromatic rings. The number of nitrogens with zero attached hydrogens (tertiary/aromatic N) is 2. The highest BCUT2D eigenvalue weighted by molar-refractivity contribution is 5.59. The van der Waals surface area contributed by atoms with Gasteiger partial charge in [0.2, 0.25) is 12.7 Å². The summed E-state index contributed by atoms with van der Waals surface area (Å²) in [5.74, 6) is 2.06. The molecule has 0 unspecified atom stereocenters. The Labute approximate surface area is 139 Å². The number of aromatic nitrogens is 2. The van der Waals surface area contributed by atoms with Crippen molar-refractivity contribution in [2.45, 2.75) is 19.8 Å². The van der Waals surface area contributed by atoms with Gasteiger partial charge in [-0.25, -0.2) is 0 Å². The lowest BCUT2D eigenvalue weighted by Crippen LogP contribution is -1.93. The van der Waals surface area contributed by atoms with E-state index in [1.165, 1.54) is 11.1 Å². The van der Waals surface area contributed by atoms with Crippen molar-refractivity contribution in [3.8, 4) is 11.5 Å². The number of fused-ring (bicyclic) bond motifs is 1. The molecule has 2 heterocycles. The van der Waals surface area contributed by atoms with E-state index in [2.05, 4.69) is 46.7 Å². The highest BCUT2D eigenvalue weighted by atomic mass is 16.7. The minimum absolute atomic E-state index is 0.252. The third-order valence-electron chi connectivity index (χ3n) is 3.84. The fourth-order valence-electron chi connectivity index (χ4n) is 2.51. The largest absolute Gasteiger partial charge is 0.454 e. The summed E-state index contributed by atoms with van der Waals surface area (Å²) in [6.07, 6.45) is 1.57. The molecule has 0 saturated heterocycles. The van der Waals surface area contributed by atoms with Crippen molar-refractivity contribution in [1.29, 1.82) is 0 Å². The molecular formula is C18H17N3O3.